The van der Waals surface area contributed by atoms with Crippen LogP contribution in [0.25, 0.3) is 0 Å². The predicted molar refractivity (Wildman–Crippen MR) is 70.4 cm³/mol. The molecule has 0 aliphatic rings. The van der Waals surface area contributed by atoms with Gasteiger partial charge in [0.15, 0.2) is 0 Å². The molecule has 16 heavy (non-hydrogen) atoms. The van der Waals surface area contributed by atoms with Gasteiger partial charge in [-0.3, -0.25) is 4.98 Å². The van der Waals surface area contributed by atoms with Gasteiger partial charge in [-0.25, -0.2) is 0 Å². The number of aromatic nitrogens is 1. The van der Waals surface area contributed by atoms with Gasteiger partial charge in [-0.1, -0.05) is 28.1 Å². The topological polar surface area (TPSA) is 24.9 Å². The van der Waals surface area contributed by atoms with Crippen molar-refractivity contribution in [3.63, 3.8) is 0 Å². The molecule has 1 heterocycles. The van der Waals surface area contributed by atoms with Gasteiger partial charge in [0.05, 0.1) is 0 Å². The van der Waals surface area contributed by atoms with E-state index in [-0.39, 0.29) is 6.04 Å². The second kappa shape index (κ2) is 5.12. The summed E-state index contributed by atoms with van der Waals surface area (Å²) < 4.78 is 1.10. The van der Waals surface area contributed by atoms with Crippen LogP contribution in [0.5, 0.6) is 0 Å². The zero-order chi connectivity index (χ0) is 11.4. The maximum Gasteiger partial charge on any atom is 0.0485 e. The predicted octanol–water partition coefficient (Wildman–Crippen LogP) is 4.02. The number of rotatable bonds is 3. The van der Waals surface area contributed by atoms with Gasteiger partial charge in [-0.05, 0) is 36.8 Å². The highest BCUT2D eigenvalue weighted by Gasteiger charge is 2.04. The molecule has 0 saturated carbocycles. The van der Waals surface area contributed by atoms with Crippen LogP contribution < -0.4 is 5.32 Å². The normalized spacial score (nSPS) is 12.1. The zero-order valence-electron chi connectivity index (χ0n) is 9.02. The number of anilines is 1. The van der Waals surface area contributed by atoms with Crippen LogP contribution in [0.2, 0.25) is 0 Å². The van der Waals surface area contributed by atoms with Crippen LogP contribution >= 0.6 is 15.9 Å². The number of nitrogens with one attached hydrogen (secondary N) is 1. The fraction of sp³-hybridized carbons (Fsp3) is 0.154. The van der Waals surface area contributed by atoms with Crippen molar-refractivity contribution in [1.29, 1.82) is 0 Å². The number of pyridine rings is 1. The minimum atomic E-state index is 0.288. The van der Waals surface area contributed by atoms with Gasteiger partial charge in [0.2, 0.25) is 0 Å². The molecule has 2 nitrogen and oxygen atoms in total. The van der Waals surface area contributed by atoms with Crippen LogP contribution in [0, 0.1) is 0 Å². The second-order valence-electron chi connectivity index (χ2n) is 3.65. The quantitative estimate of drug-likeness (QED) is 0.916. The molecule has 3 heteroatoms. The van der Waals surface area contributed by atoms with Crippen molar-refractivity contribution in [3.05, 3.63) is 58.8 Å². The van der Waals surface area contributed by atoms with Gasteiger partial charge in [-0.15, -0.1) is 0 Å². The average molecular weight is 277 g/mol. The number of nitrogens with zero attached hydrogens (tertiary/aromatic N) is 1. The van der Waals surface area contributed by atoms with Crippen molar-refractivity contribution >= 4 is 21.6 Å². The van der Waals surface area contributed by atoms with Crippen LogP contribution in [0.4, 0.5) is 5.69 Å². The van der Waals surface area contributed by atoms with Crippen LogP contribution in [-0.2, 0) is 0 Å². The number of hydrogen-bond acceptors (Lipinski definition) is 2. The minimum absolute atomic E-state index is 0.288. The maximum absolute atomic E-state index is 3.99. The van der Waals surface area contributed by atoms with Crippen LogP contribution in [0.15, 0.2) is 53.3 Å². The van der Waals surface area contributed by atoms with Crippen molar-refractivity contribution in [2.45, 2.75) is 13.0 Å². The van der Waals surface area contributed by atoms with E-state index in [1.54, 1.807) is 12.4 Å². The smallest absolute Gasteiger partial charge is 0.0485 e. The Morgan fingerprint density at radius 1 is 1.06 bits per heavy atom. The fourth-order valence-electron chi connectivity index (χ4n) is 1.53. The highest BCUT2D eigenvalue weighted by Crippen LogP contribution is 2.20. The first kappa shape index (κ1) is 11.1. The molecule has 0 bridgehead atoms. The third-order valence-electron chi connectivity index (χ3n) is 2.43. The molecule has 0 aliphatic carbocycles. The molecule has 2 rings (SSSR count). The number of halogens is 1. The summed E-state index contributed by atoms with van der Waals surface area (Å²) >= 11 is 3.43. The molecule has 1 unspecified atom stereocenters. The minimum Gasteiger partial charge on any atom is -0.378 e. The lowest BCUT2D eigenvalue weighted by Crippen LogP contribution is -2.06. The molecule has 1 aromatic carbocycles. The van der Waals surface area contributed by atoms with E-state index < -0.39 is 0 Å². The van der Waals surface area contributed by atoms with E-state index in [9.17, 15) is 0 Å². The van der Waals surface area contributed by atoms with Crippen molar-refractivity contribution in [2.75, 3.05) is 5.32 Å². The molecule has 0 fully saturated rings. The standard InChI is InChI=1S/C13H13BrN2/c1-10(11-2-4-12(14)5-3-11)16-13-6-8-15-9-7-13/h2-10H,1H3,(H,15,16). The monoisotopic (exact) mass is 276 g/mol. The fourth-order valence-corrected chi connectivity index (χ4v) is 1.80. The summed E-state index contributed by atoms with van der Waals surface area (Å²) in [6.45, 7) is 2.14. The van der Waals surface area contributed by atoms with Gasteiger partial charge in [0, 0.05) is 28.6 Å². The van der Waals surface area contributed by atoms with E-state index in [2.05, 4.69) is 57.4 Å². The molecule has 1 aromatic heterocycles. The maximum atomic E-state index is 3.99. The summed E-state index contributed by atoms with van der Waals surface area (Å²) in [5.41, 5.74) is 2.35. The highest BCUT2D eigenvalue weighted by molar-refractivity contribution is 9.10. The van der Waals surface area contributed by atoms with Gasteiger partial charge in [0.25, 0.3) is 0 Å². The van der Waals surface area contributed by atoms with Gasteiger partial charge < -0.3 is 5.32 Å². The Hall–Kier alpha value is -1.35. The van der Waals surface area contributed by atoms with E-state index in [0.29, 0.717) is 0 Å². The third kappa shape index (κ3) is 2.83. The highest BCUT2D eigenvalue weighted by atomic mass is 79.9. The van der Waals surface area contributed by atoms with E-state index in [0.717, 1.165) is 10.2 Å². The Morgan fingerprint density at radius 2 is 1.69 bits per heavy atom. The molecular weight excluding hydrogens is 264 g/mol. The number of benzene rings is 1. The second-order valence-corrected chi connectivity index (χ2v) is 4.57. The molecule has 0 spiro atoms. The summed E-state index contributed by atoms with van der Waals surface area (Å²) in [7, 11) is 0. The van der Waals surface area contributed by atoms with Crippen LogP contribution in [0.3, 0.4) is 0 Å². The third-order valence-corrected chi connectivity index (χ3v) is 2.96. The van der Waals surface area contributed by atoms with Crippen LogP contribution in [0.1, 0.15) is 18.5 Å². The lowest BCUT2D eigenvalue weighted by atomic mass is 10.1. The Bertz CT molecular complexity index is 439. The molecule has 0 saturated heterocycles. The van der Waals surface area contributed by atoms with Crippen LogP contribution in [-0.4, -0.2) is 4.98 Å². The van der Waals surface area contributed by atoms with Crippen molar-refractivity contribution in [1.82, 2.24) is 4.98 Å². The molecule has 1 atom stereocenters. The molecular formula is C13H13BrN2. The summed E-state index contributed by atoms with van der Waals surface area (Å²) in [5.74, 6) is 0. The van der Waals surface area contributed by atoms with Crippen molar-refractivity contribution in [3.8, 4) is 0 Å². The first-order valence-electron chi connectivity index (χ1n) is 5.18. The summed E-state index contributed by atoms with van der Waals surface area (Å²) in [5, 5.41) is 3.42. The van der Waals surface area contributed by atoms with Crippen molar-refractivity contribution in [2.24, 2.45) is 0 Å². The number of hydrogen-bond donors (Lipinski definition) is 1. The first-order chi connectivity index (χ1) is 7.75. The molecule has 82 valence electrons. The Kier molecular flexibility index (Phi) is 3.57. The zero-order valence-corrected chi connectivity index (χ0v) is 10.6. The lowest BCUT2D eigenvalue weighted by Gasteiger charge is -2.15. The van der Waals surface area contributed by atoms with E-state index in [1.807, 2.05) is 12.1 Å². The summed E-state index contributed by atoms with van der Waals surface area (Å²) in [4.78, 5) is 3.99. The average Bonchev–Trinajstić information content (AvgIpc) is 2.31. The lowest BCUT2D eigenvalue weighted by molar-refractivity contribution is 0.883. The molecule has 2 aromatic rings. The summed E-state index contributed by atoms with van der Waals surface area (Å²) in [6, 6.07) is 12.6. The molecule has 1 N–H and O–H groups in total. The first-order valence-corrected chi connectivity index (χ1v) is 5.97. The Balaban J connectivity index is 2.09. The molecule has 0 aliphatic heterocycles. The molecule has 0 amide bonds. The van der Waals surface area contributed by atoms with E-state index >= 15 is 0 Å². The SMILES string of the molecule is CC(Nc1ccncc1)c1ccc(Br)cc1. The van der Waals surface area contributed by atoms with Gasteiger partial charge >= 0.3 is 0 Å². The van der Waals surface area contributed by atoms with Crippen molar-refractivity contribution < 1.29 is 0 Å². The Labute approximate surface area is 104 Å². The van der Waals surface area contributed by atoms with E-state index in [1.165, 1.54) is 5.56 Å². The Morgan fingerprint density at radius 3 is 2.31 bits per heavy atom. The van der Waals surface area contributed by atoms with E-state index in [4.69, 9.17) is 0 Å². The summed E-state index contributed by atoms with van der Waals surface area (Å²) in [6.07, 6.45) is 3.58. The largest absolute Gasteiger partial charge is 0.378 e. The molecule has 0 radical (unpaired) electrons. The van der Waals surface area contributed by atoms with Gasteiger partial charge in [-0.2, -0.15) is 0 Å². The van der Waals surface area contributed by atoms with Gasteiger partial charge in [0.1, 0.15) is 0 Å².